The first kappa shape index (κ1) is 25.4. The Labute approximate surface area is 213 Å². The summed E-state index contributed by atoms with van der Waals surface area (Å²) in [7, 11) is 1.53. The summed E-state index contributed by atoms with van der Waals surface area (Å²) in [5, 5.41) is 7.18. The highest BCUT2D eigenvalue weighted by Crippen LogP contribution is 2.31. The number of anilines is 1. The lowest BCUT2D eigenvalue weighted by Crippen LogP contribution is -2.11. The van der Waals surface area contributed by atoms with Crippen molar-refractivity contribution in [2.45, 2.75) is 6.18 Å². The molecule has 1 N–H and O–H groups in total. The van der Waals surface area contributed by atoms with E-state index in [0.29, 0.717) is 34.9 Å². The number of hydrogen-bond acceptors (Lipinski definition) is 5. The van der Waals surface area contributed by atoms with Gasteiger partial charge in [-0.1, -0.05) is 34.1 Å². The van der Waals surface area contributed by atoms with Crippen LogP contribution in [0.15, 0.2) is 77.3 Å². The molecule has 0 aliphatic carbocycles. The van der Waals surface area contributed by atoms with Crippen LogP contribution in [0, 0.1) is 0 Å². The van der Waals surface area contributed by atoms with Crippen LogP contribution >= 0.6 is 15.9 Å². The molecule has 0 atom stereocenters. The van der Waals surface area contributed by atoms with E-state index in [9.17, 15) is 18.0 Å². The summed E-state index contributed by atoms with van der Waals surface area (Å²) in [6.07, 6.45) is -4.45. The van der Waals surface area contributed by atoms with Gasteiger partial charge in [0.15, 0.2) is 5.82 Å². The van der Waals surface area contributed by atoms with Crippen molar-refractivity contribution < 1.29 is 27.4 Å². The number of alkyl halides is 3. The van der Waals surface area contributed by atoms with E-state index < -0.39 is 11.7 Å². The van der Waals surface area contributed by atoms with Crippen LogP contribution < -0.4 is 10.1 Å². The summed E-state index contributed by atoms with van der Waals surface area (Å²) in [6.45, 7) is 0.518. The van der Waals surface area contributed by atoms with Crippen LogP contribution in [0.25, 0.3) is 17.1 Å². The van der Waals surface area contributed by atoms with Gasteiger partial charge in [0, 0.05) is 28.4 Å². The number of amides is 1. The molecule has 0 saturated carbocycles. The smallest absolute Gasteiger partial charge is 0.416 e. The van der Waals surface area contributed by atoms with E-state index in [4.69, 9.17) is 9.47 Å². The molecule has 36 heavy (non-hydrogen) atoms. The summed E-state index contributed by atoms with van der Waals surface area (Å²) in [5.74, 6) is 0.0196. The number of nitrogens with one attached hydrogen (secondary N) is 1. The second-order valence-electron chi connectivity index (χ2n) is 7.56. The third-order valence-corrected chi connectivity index (χ3v) is 5.53. The molecule has 0 saturated heterocycles. The second kappa shape index (κ2) is 10.9. The third kappa shape index (κ3) is 6.10. The lowest BCUT2D eigenvalue weighted by molar-refractivity contribution is -0.137. The number of methoxy groups -OCH3 is 1. The molecule has 186 valence electrons. The minimum Gasteiger partial charge on any atom is -0.460 e. The van der Waals surface area contributed by atoms with Gasteiger partial charge < -0.3 is 14.8 Å². The Morgan fingerprint density at radius 2 is 1.75 bits per heavy atom. The lowest BCUT2D eigenvalue weighted by atomic mass is 10.1. The van der Waals surface area contributed by atoms with Crippen molar-refractivity contribution in [1.29, 1.82) is 0 Å². The van der Waals surface area contributed by atoms with E-state index in [-0.39, 0.29) is 18.5 Å². The molecule has 0 fully saturated rings. The standard InChI is InChI=1S/C25H20BrF3N4O3/c1-35-13-14-36-24-31-22(16-5-7-18(8-6-16)25(27,28)29)33(32-24)21-11-9-20(10-12-21)30-23(34)17-3-2-4-19(26)15-17/h2-12,15H,13-14H2,1H3,(H,30,34). The predicted octanol–water partition coefficient (Wildman–Crippen LogP) is 5.99. The van der Waals surface area contributed by atoms with Crippen LogP contribution in [0.1, 0.15) is 15.9 Å². The van der Waals surface area contributed by atoms with Crippen molar-refractivity contribution in [2.24, 2.45) is 0 Å². The van der Waals surface area contributed by atoms with Gasteiger partial charge in [-0.15, -0.1) is 5.10 Å². The number of carbonyl (C=O) groups is 1. The Morgan fingerprint density at radius 3 is 2.39 bits per heavy atom. The first-order chi connectivity index (χ1) is 17.2. The zero-order valence-electron chi connectivity index (χ0n) is 18.9. The molecule has 1 aromatic heterocycles. The van der Waals surface area contributed by atoms with Gasteiger partial charge in [0.05, 0.1) is 17.9 Å². The molecule has 0 aliphatic heterocycles. The highest BCUT2D eigenvalue weighted by atomic mass is 79.9. The number of carbonyl (C=O) groups excluding carboxylic acids is 1. The van der Waals surface area contributed by atoms with Gasteiger partial charge in [0.1, 0.15) is 6.61 Å². The van der Waals surface area contributed by atoms with Gasteiger partial charge in [0.25, 0.3) is 5.91 Å². The van der Waals surface area contributed by atoms with Crippen LogP contribution in [0.3, 0.4) is 0 Å². The van der Waals surface area contributed by atoms with Crippen molar-refractivity contribution in [1.82, 2.24) is 14.8 Å². The molecule has 0 spiro atoms. The van der Waals surface area contributed by atoms with Gasteiger partial charge >= 0.3 is 12.2 Å². The number of benzene rings is 3. The maximum Gasteiger partial charge on any atom is 0.416 e. The number of aromatic nitrogens is 3. The molecule has 4 aromatic rings. The summed E-state index contributed by atoms with van der Waals surface area (Å²) < 4.78 is 51.7. The van der Waals surface area contributed by atoms with Crippen LogP contribution in [-0.2, 0) is 10.9 Å². The molecule has 0 unspecified atom stereocenters. The van der Waals surface area contributed by atoms with E-state index in [1.807, 2.05) is 6.07 Å². The van der Waals surface area contributed by atoms with Gasteiger partial charge in [0.2, 0.25) is 0 Å². The minimum absolute atomic E-state index is 0.0500. The molecule has 1 heterocycles. The molecule has 0 bridgehead atoms. The minimum atomic E-state index is -4.45. The molecular weight excluding hydrogens is 541 g/mol. The van der Waals surface area contributed by atoms with Crippen molar-refractivity contribution in [3.63, 3.8) is 0 Å². The average molecular weight is 561 g/mol. The zero-order chi connectivity index (χ0) is 25.7. The lowest BCUT2D eigenvalue weighted by Gasteiger charge is -2.10. The summed E-state index contributed by atoms with van der Waals surface area (Å²) in [5.41, 5.74) is 1.27. The Morgan fingerprint density at radius 1 is 1.03 bits per heavy atom. The molecule has 0 radical (unpaired) electrons. The monoisotopic (exact) mass is 560 g/mol. The molecule has 7 nitrogen and oxygen atoms in total. The van der Waals surface area contributed by atoms with Crippen molar-refractivity contribution in [3.8, 4) is 23.1 Å². The van der Waals surface area contributed by atoms with Crippen molar-refractivity contribution >= 4 is 27.5 Å². The van der Waals surface area contributed by atoms with Gasteiger partial charge in [-0.3, -0.25) is 4.79 Å². The first-order valence-electron chi connectivity index (χ1n) is 10.7. The summed E-state index contributed by atoms with van der Waals surface area (Å²) >= 11 is 3.34. The van der Waals surface area contributed by atoms with Gasteiger partial charge in [-0.2, -0.15) is 18.2 Å². The Kier molecular flexibility index (Phi) is 7.70. The molecule has 3 aromatic carbocycles. The summed E-state index contributed by atoms with van der Waals surface area (Å²) in [4.78, 5) is 16.9. The van der Waals surface area contributed by atoms with Crippen LogP contribution in [0.5, 0.6) is 6.01 Å². The largest absolute Gasteiger partial charge is 0.460 e. The molecule has 1 amide bonds. The number of ether oxygens (including phenoxy) is 2. The molecular formula is C25H20BrF3N4O3. The van der Waals surface area contributed by atoms with E-state index >= 15 is 0 Å². The Balaban J connectivity index is 1.61. The van der Waals surface area contributed by atoms with Crippen molar-refractivity contribution in [2.75, 3.05) is 25.6 Å². The van der Waals surface area contributed by atoms with Crippen LogP contribution in [0.2, 0.25) is 0 Å². The fraction of sp³-hybridized carbons (Fsp3) is 0.160. The SMILES string of the molecule is COCCOc1nc(-c2ccc(C(F)(F)F)cc2)n(-c2ccc(NC(=O)c3cccc(Br)c3)cc2)n1. The van der Waals surface area contributed by atoms with E-state index in [2.05, 4.69) is 31.3 Å². The fourth-order valence-electron chi connectivity index (χ4n) is 3.26. The molecule has 4 rings (SSSR count). The highest BCUT2D eigenvalue weighted by molar-refractivity contribution is 9.10. The third-order valence-electron chi connectivity index (χ3n) is 5.03. The maximum atomic E-state index is 13.0. The highest BCUT2D eigenvalue weighted by Gasteiger charge is 2.30. The average Bonchev–Trinajstić information content (AvgIpc) is 3.28. The molecule has 11 heteroatoms. The normalized spacial score (nSPS) is 11.4. The molecule has 0 aliphatic rings. The van der Waals surface area contributed by atoms with Crippen LogP contribution in [-0.4, -0.2) is 41.0 Å². The second-order valence-corrected chi connectivity index (χ2v) is 8.47. The zero-order valence-corrected chi connectivity index (χ0v) is 20.5. The van der Waals surface area contributed by atoms with E-state index in [0.717, 1.165) is 16.6 Å². The predicted molar refractivity (Wildman–Crippen MR) is 131 cm³/mol. The van der Waals surface area contributed by atoms with Gasteiger partial charge in [-0.25, -0.2) is 4.68 Å². The Hall–Kier alpha value is -3.70. The first-order valence-corrected chi connectivity index (χ1v) is 11.5. The fourth-order valence-corrected chi connectivity index (χ4v) is 3.66. The number of halogens is 4. The number of rotatable bonds is 8. The Bertz CT molecular complexity index is 1340. The number of nitrogens with zero attached hydrogens (tertiary/aromatic N) is 3. The van der Waals surface area contributed by atoms with E-state index in [1.54, 1.807) is 42.5 Å². The van der Waals surface area contributed by atoms with Crippen molar-refractivity contribution in [3.05, 3.63) is 88.4 Å². The van der Waals surface area contributed by atoms with Gasteiger partial charge in [-0.05, 0) is 54.6 Å². The summed E-state index contributed by atoms with van der Waals surface area (Å²) in [6, 6.07) is 18.5. The topological polar surface area (TPSA) is 78.3 Å². The maximum absolute atomic E-state index is 13.0. The van der Waals surface area contributed by atoms with E-state index in [1.165, 1.54) is 23.9 Å². The quantitative estimate of drug-likeness (QED) is 0.268. The van der Waals surface area contributed by atoms with Crippen LogP contribution in [0.4, 0.5) is 18.9 Å². The number of hydrogen-bond donors (Lipinski definition) is 1.